The van der Waals surface area contributed by atoms with E-state index in [1.165, 1.54) is 57.8 Å². The van der Waals surface area contributed by atoms with Gasteiger partial charge in [0.1, 0.15) is 13.2 Å². The Balaban J connectivity index is 4.39. The van der Waals surface area contributed by atoms with Crippen molar-refractivity contribution in [2.75, 3.05) is 13.2 Å². The molecule has 0 aliphatic heterocycles. The average molecular weight is 1130 g/mol. The van der Waals surface area contributed by atoms with Gasteiger partial charge >= 0.3 is 17.9 Å². The Morgan fingerprint density at radius 2 is 0.500 bits per heavy atom. The molecular formula is C76H118O6. The summed E-state index contributed by atoms with van der Waals surface area (Å²) in [6, 6.07) is 0. The predicted molar refractivity (Wildman–Crippen MR) is 357 cm³/mol. The monoisotopic (exact) mass is 1130 g/mol. The minimum Gasteiger partial charge on any atom is -0.462 e. The molecule has 458 valence electrons. The Morgan fingerprint density at radius 3 is 0.829 bits per heavy atom. The fourth-order valence-electron chi connectivity index (χ4n) is 8.30. The predicted octanol–water partition coefficient (Wildman–Crippen LogP) is 22.8. The maximum absolute atomic E-state index is 12.9. The van der Waals surface area contributed by atoms with Gasteiger partial charge in [0.2, 0.25) is 0 Å². The summed E-state index contributed by atoms with van der Waals surface area (Å²) >= 11 is 0. The van der Waals surface area contributed by atoms with Gasteiger partial charge in [0, 0.05) is 19.3 Å². The van der Waals surface area contributed by atoms with E-state index in [9.17, 15) is 14.4 Å². The molecule has 0 rings (SSSR count). The summed E-state index contributed by atoms with van der Waals surface area (Å²) in [4.78, 5) is 38.2. The SMILES string of the molecule is CC/C=C\C/C=C\C/C=C\C/C=C\C/C=C\C/C=C\C/C=C\C/C=C\C/C=C\C/C=C\CCCCCCC(=O)OCC(COC(=O)CC/C=C\C/C=C\C/C=C\C/C=C\CC)OC(=O)CCCCCCC/C=C\CCCCCCCCC. The van der Waals surface area contributed by atoms with Crippen molar-refractivity contribution >= 4 is 17.9 Å². The Hall–Kier alpha value is -5.49. The lowest BCUT2D eigenvalue weighted by Crippen LogP contribution is -2.30. The second-order valence-electron chi connectivity index (χ2n) is 20.9. The largest absolute Gasteiger partial charge is 0.462 e. The first kappa shape index (κ1) is 76.5. The van der Waals surface area contributed by atoms with Crippen LogP contribution < -0.4 is 0 Å². The van der Waals surface area contributed by atoms with Gasteiger partial charge in [-0.1, -0.05) is 274 Å². The van der Waals surface area contributed by atoms with Crippen LogP contribution in [0.2, 0.25) is 0 Å². The number of rotatable bonds is 57. The van der Waals surface area contributed by atoms with Crippen LogP contribution in [0.5, 0.6) is 0 Å². The summed E-state index contributed by atoms with van der Waals surface area (Å²) in [6.45, 7) is 6.30. The molecule has 0 radical (unpaired) electrons. The fourth-order valence-corrected chi connectivity index (χ4v) is 8.30. The van der Waals surface area contributed by atoms with E-state index < -0.39 is 6.10 Å². The molecule has 0 aliphatic rings. The van der Waals surface area contributed by atoms with Crippen molar-refractivity contribution in [2.24, 2.45) is 0 Å². The number of carbonyl (C=O) groups excluding carboxylic acids is 3. The summed E-state index contributed by atoms with van der Waals surface area (Å²) < 4.78 is 16.8. The first-order chi connectivity index (χ1) is 40.5. The van der Waals surface area contributed by atoms with Gasteiger partial charge in [0.15, 0.2) is 6.10 Å². The molecule has 0 aliphatic carbocycles. The molecule has 0 saturated carbocycles. The molecular weight excluding hydrogens is 1010 g/mol. The molecule has 0 bridgehead atoms. The van der Waals surface area contributed by atoms with Crippen LogP contribution in [0.3, 0.4) is 0 Å². The van der Waals surface area contributed by atoms with Gasteiger partial charge in [0.25, 0.3) is 0 Å². The molecule has 0 fully saturated rings. The van der Waals surface area contributed by atoms with E-state index >= 15 is 0 Å². The summed E-state index contributed by atoms with van der Waals surface area (Å²) in [5, 5.41) is 0. The van der Waals surface area contributed by atoms with Gasteiger partial charge in [-0.05, 0) is 148 Å². The highest BCUT2D eigenvalue weighted by molar-refractivity contribution is 5.71. The molecule has 6 nitrogen and oxygen atoms in total. The van der Waals surface area contributed by atoms with E-state index in [4.69, 9.17) is 14.2 Å². The third kappa shape index (κ3) is 65.3. The molecule has 82 heavy (non-hydrogen) atoms. The zero-order chi connectivity index (χ0) is 59.2. The molecule has 0 heterocycles. The van der Waals surface area contributed by atoms with Crippen LogP contribution in [0.4, 0.5) is 0 Å². The van der Waals surface area contributed by atoms with Crippen LogP contribution in [0, 0.1) is 0 Å². The van der Waals surface area contributed by atoms with Crippen LogP contribution in [-0.4, -0.2) is 37.2 Å². The van der Waals surface area contributed by atoms with Crippen molar-refractivity contribution in [3.63, 3.8) is 0 Å². The number of hydrogen-bond donors (Lipinski definition) is 0. The lowest BCUT2D eigenvalue weighted by Gasteiger charge is -2.18. The highest BCUT2D eigenvalue weighted by Crippen LogP contribution is 2.13. The summed E-state index contributed by atoms with van der Waals surface area (Å²) in [7, 11) is 0. The summed E-state index contributed by atoms with van der Waals surface area (Å²) in [5.41, 5.74) is 0. The molecule has 0 spiro atoms. The molecule has 0 aromatic heterocycles. The maximum atomic E-state index is 12.9. The molecule has 0 amide bonds. The Labute approximate surface area is 504 Å². The Kier molecular flexibility index (Phi) is 63.5. The van der Waals surface area contributed by atoms with Crippen LogP contribution in [0.15, 0.2) is 182 Å². The van der Waals surface area contributed by atoms with Gasteiger partial charge < -0.3 is 14.2 Å². The minimum atomic E-state index is -0.832. The second-order valence-corrected chi connectivity index (χ2v) is 20.9. The molecule has 1 unspecified atom stereocenters. The lowest BCUT2D eigenvalue weighted by atomic mass is 10.1. The molecule has 0 aromatic rings. The molecule has 0 N–H and O–H groups in total. The quantitative estimate of drug-likeness (QED) is 0.0261. The number of ether oxygens (including phenoxy) is 3. The number of esters is 3. The van der Waals surface area contributed by atoms with Crippen molar-refractivity contribution in [1.82, 2.24) is 0 Å². The van der Waals surface area contributed by atoms with Gasteiger partial charge in [0.05, 0.1) is 0 Å². The third-order valence-electron chi connectivity index (χ3n) is 13.1. The molecule has 0 saturated heterocycles. The number of unbranched alkanes of at least 4 members (excludes halogenated alkanes) is 16. The van der Waals surface area contributed by atoms with Crippen molar-refractivity contribution < 1.29 is 28.6 Å². The summed E-state index contributed by atoms with van der Waals surface area (Å²) in [5.74, 6) is -1.05. The topological polar surface area (TPSA) is 78.9 Å². The van der Waals surface area contributed by atoms with Crippen molar-refractivity contribution in [2.45, 2.75) is 264 Å². The van der Waals surface area contributed by atoms with E-state index in [-0.39, 0.29) is 37.5 Å². The van der Waals surface area contributed by atoms with Gasteiger partial charge in [-0.2, -0.15) is 0 Å². The van der Waals surface area contributed by atoms with Crippen LogP contribution >= 0.6 is 0 Å². The van der Waals surface area contributed by atoms with Crippen LogP contribution in [0.25, 0.3) is 0 Å². The Morgan fingerprint density at radius 1 is 0.256 bits per heavy atom. The van der Waals surface area contributed by atoms with E-state index in [0.717, 1.165) is 154 Å². The van der Waals surface area contributed by atoms with Crippen LogP contribution in [-0.2, 0) is 28.6 Å². The molecule has 1 atom stereocenters. The smallest absolute Gasteiger partial charge is 0.306 e. The average Bonchev–Trinajstić information content (AvgIpc) is 3.47. The first-order valence-electron chi connectivity index (χ1n) is 32.8. The number of allylic oxidation sites excluding steroid dienone is 30. The highest BCUT2D eigenvalue weighted by atomic mass is 16.6. The third-order valence-corrected chi connectivity index (χ3v) is 13.1. The lowest BCUT2D eigenvalue weighted by molar-refractivity contribution is -0.166. The Bertz CT molecular complexity index is 1920. The fraction of sp³-hybridized carbons (Fsp3) is 0.566. The van der Waals surface area contributed by atoms with E-state index in [1.807, 2.05) is 12.2 Å². The number of carbonyl (C=O) groups is 3. The molecule has 6 heteroatoms. The van der Waals surface area contributed by atoms with E-state index in [0.29, 0.717) is 19.3 Å². The zero-order valence-corrected chi connectivity index (χ0v) is 52.4. The minimum absolute atomic E-state index is 0.125. The van der Waals surface area contributed by atoms with Crippen molar-refractivity contribution in [3.8, 4) is 0 Å². The first-order valence-corrected chi connectivity index (χ1v) is 32.8. The van der Waals surface area contributed by atoms with Gasteiger partial charge in [-0.3, -0.25) is 14.4 Å². The normalized spacial score (nSPS) is 13.4. The standard InChI is InChI=1S/C76H118O6/c1-4-7-10-13-16-19-22-25-27-29-30-31-32-33-34-35-36-37-38-39-40-41-42-43-44-45-46-47-49-51-54-57-60-63-66-69-75(78)81-72-73(71-80-74(77)68-65-62-59-56-53-50-24-21-18-15-12-9-6-3)82-76(79)70-67-64-61-58-55-52-48-28-26-23-20-17-14-11-8-5-2/h7,9-10,12,16,18-19,21,25,27-28,30-31,33-34,36-37,39-40,42-43,45-46,48-51,53,59,62,73H,4-6,8,11,13-15,17,20,22-24,26,29,32,35,38,41,44,47,52,54-58,60-61,63-72H2,1-3H3/b10-7-,12-9-,19-16-,21-18-,27-25-,31-30-,34-33-,37-36-,40-39-,43-42-,46-45-,48-28-,51-49-,53-50-,62-59-. The van der Waals surface area contributed by atoms with Gasteiger partial charge in [-0.25, -0.2) is 0 Å². The van der Waals surface area contributed by atoms with Gasteiger partial charge in [-0.15, -0.1) is 0 Å². The van der Waals surface area contributed by atoms with E-state index in [2.05, 4.69) is 191 Å². The van der Waals surface area contributed by atoms with Crippen molar-refractivity contribution in [3.05, 3.63) is 182 Å². The zero-order valence-electron chi connectivity index (χ0n) is 52.4. The number of hydrogen-bond acceptors (Lipinski definition) is 6. The molecule has 0 aromatic carbocycles. The highest BCUT2D eigenvalue weighted by Gasteiger charge is 2.19. The second kappa shape index (κ2) is 68.0. The van der Waals surface area contributed by atoms with Crippen molar-refractivity contribution in [1.29, 1.82) is 0 Å². The van der Waals surface area contributed by atoms with Crippen LogP contribution in [0.1, 0.15) is 258 Å². The summed E-state index contributed by atoms with van der Waals surface area (Å²) in [6.07, 6.45) is 102. The van der Waals surface area contributed by atoms with E-state index in [1.54, 1.807) is 0 Å². The maximum Gasteiger partial charge on any atom is 0.306 e.